The lowest BCUT2D eigenvalue weighted by Gasteiger charge is -2.10. The number of carbonyl (C=O) groups is 1. The van der Waals surface area contributed by atoms with Crippen molar-refractivity contribution in [1.82, 2.24) is 9.55 Å². The van der Waals surface area contributed by atoms with Crippen molar-refractivity contribution in [3.8, 4) is 17.3 Å². The zero-order valence-corrected chi connectivity index (χ0v) is 11.3. The average molecular weight is 270 g/mol. The fourth-order valence-corrected chi connectivity index (χ4v) is 2.40. The van der Waals surface area contributed by atoms with Crippen molar-refractivity contribution in [2.75, 3.05) is 0 Å². The first-order chi connectivity index (χ1) is 9.58. The summed E-state index contributed by atoms with van der Waals surface area (Å²) in [5.41, 5.74) is 0.865. The maximum absolute atomic E-state index is 12.5. The maximum Gasteiger partial charge on any atom is 0.267 e. The zero-order valence-electron chi connectivity index (χ0n) is 11.3. The molecule has 5 nitrogen and oxygen atoms in total. The summed E-state index contributed by atoms with van der Waals surface area (Å²) in [4.78, 5) is 28.7. The highest BCUT2D eigenvalue weighted by atomic mass is 16.5. The van der Waals surface area contributed by atoms with Crippen LogP contribution in [0.3, 0.4) is 0 Å². The number of nitrogens with zero attached hydrogens (tertiary/aromatic N) is 2. The molecule has 0 radical (unpaired) electrons. The molecule has 0 spiro atoms. The van der Waals surface area contributed by atoms with Crippen LogP contribution in [0.5, 0.6) is 5.88 Å². The van der Waals surface area contributed by atoms with E-state index in [9.17, 15) is 9.59 Å². The Hall–Kier alpha value is -2.43. The minimum absolute atomic E-state index is 0.0865. The molecular formula is C15H14N2O3. The fraction of sp³-hybridized carbons (Fsp3) is 0.267. The number of fused-ring (bicyclic) bond motifs is 1. The van der Waals surface area contributed by atoms with Crippen molar-refractivity contribution in [1.29, 1.82) is 0 Å². The fourth-order valence-electron chi connectivity index (χ4n) is 2.40. The predicted octanol–water partition coefficient (Wildman–Crippen LogP) is 1.89. The third-order valence-electron chi connectivity index (χ3n) is 3.29. The molecule has 0 saturated carbocycles. The minimum Gasteiger partial charge on any atom is -0.474 e. The van der Waals surface area contributed by atoms with Gasteiger partial charge in [0.15, 0.2) is 5.82 Å². The van der Waals surface area contributed by atoms with E-state index in [1.807, 2.05) is 37.3 Å². The number of aromatic nitrogens is 2. The lowest BCUT2D eigenvalue weighted by atomic mass is 10.1. The highest BCUT2D eigenvalue weighted by molar-refractivity contribution is 5.81. The molecule has 1 aromatic carbocycles. The van der Waals surface area contributed by atoms with E-state index in [0.29, 0.717) is 29.3 Å². The molecule has 0 aliphatic carbocycles. The molecule has 2 aromatic rings. The number of hydrogen-bond acceptors (Lipinski definition) is 4. The lowest BCUT2D eigenvalue weighted by Crippen LogP contribution is -2.29. The second-order valence-electron chi connectivity index (χ2n) is 4.88. The van der Waals surface area contributed by atoms with Gasteiger partial charge < -0.3 is 4.74 Å². The monoisotopic (exact) mass is 270 g/mol. The molecule has 1 aliphatic rings. The Balaban J connectivity index is 2.30. The van der Waals surface area contributed by atoms with Gasteiger partial charge in [-0.15, -0.1) is 0 Å². The maximum atomic E-state index is 12.5. The first-order valence-corrected chi connectivity index (χ1v) is 6.47. The zero-order chi connectivity index (χ0) is 14.3. The van der Waals surface area contributed by atoms with E-state index in [1.165, 1.54) is 6.92 Å². The first kappa shape index (κ1) is 12.6. The van der Waals surface area contributed by atoms with Crippen LogP contribution in [0.25, 0.3) is 11.4 Å². The van der Waals surface area contributed by atoms with Crippen molar-refractivity contribution in [2.24, 2.45) is 0 Å². The van der Waals surface area contributed by atoms with Gasteiger partial charge in [0.25, 0.3) is 5.56 Å². The Morgan fingerprint density at radius 2 is 2.05 bits per heavy atom. The Morgan fingerprint density at radius 3 is 2.70 bits per heavy atom. The summed E-state index contributed by atoms with van der Waals surface area (Å²) in [5, 5.41) is 0. The third kappa shape index (κ3) is 1.91. The van der Waals surface area contributed by atoms with Gasteiger partial charge in [-0.3, -0.25) is 9.59 Å². The van der Waals surface area contributed by atoms with Crippen molar-refractivity contribution in [3.63, 3.8) is 0 Å². The van der Waals surface area contributed by atoms with Gasteiger partial charge in [0.05, 0.1) is 5.56 Å². The Morgan fingerprint density at radius 1 is 1.35 bits per heavy atom. The number of hydrogen-bond donors (Lipinski definition) is 0. The summed E-state index contributed by atoms with van der Waals surface area (Å²) in [6, 6.07) is 9.16. The highest BCUT2D eigenvalue weighted by Crippen LogP contribution is 2.27. The van der Waals surface area contributed by atoms with Crippen LogP contribution in [0.1, 0.15) is 24.2 Å². The van der Waals surface area contributed by atoms with Crippen LogP contribution in [0.4, 0.5) is 0 Å². The van der Waals surface area contributed by atoms with Crippen molar-refractivity contribution >= 4 is 5.91 Å². The summed E-state index contributed by atoms with van der Waals surface area (Å²) in [6.45, 7) is 3.24. The van der Waals surface area contributed by atoms with Crippen LogP contribution in [0, 0.1) is 0 Å². The van der Waals surface area contributed by atoms with Crippen molar-refractivity contribution < 1.29 is 9.53 Å². The second-order valence-corrected chi connectivity index (χ2v) is 4.88. The SMILES string of the molecule is CC(=O)n1c(-c2ccccc2)nc2c(c1=O)C[C@@H](C)O2. The van der Waals surface area contributed by atoms with E-state index in [0.717, 1.165) is 4.57 Å². The number of rotatable bonds is 1. The minimum atomic E-state index is -0.344. The van der Waals surface area contributed by atoms with Crippen molar-refractivity contribution in [3.05, 3.63) is 46.2 Å². The summed E-state index contributed by atoms with van der Waals surface area (Å²) >= 11 is 0. The molecule has 20 heavy (non-hydrogen) atoms. The predicted molar refractivity (Wildman–Crippen MR) is 74.0 cm³/mol. The van der Waals surface area contributed by atoms with E-state index >= 15 is 0 Å². The van der Waals surface area contributed by atoms with E-state index in [1.54, 1.807) is 0 Å². The normalized spacial score (nSPS) is 16.6. The van der Waals surface area contributed by atoms with Crippen LogP contribution in [-0.4, -0.2) is 21.6 Å². The number of ether oxygens (including phenoxy) is 1. The van der Waals surface area contributed by atoms with E-state index in [-0.39, 0.29) is 17.6 Å². The van der Waals surface area contributed by atoms with Crippen molar-refractivity contribution in [2.45, 2.75) is 26.4 Å². The van der Waals surface area contributed by atoms with Crippen LogP contribution < -0.4 is 10.3 Å². The van der Waals surface area contributed by atoms with Crippen LogP contribution in [-0.2, 0) is 6.42 Å². The molecule has 1 aromatic heterocycles. The van der Waals surface area contributed by atoms with Crippen LogP contribution in [0.2, 0.25) is 0 Å². The van der Waals surface area contributed by atoms with Gasteiger partial charge in [-0.2, -0.15) is 4.98 Å². The molecule has 0 bridgehead atoms. The van der Waals surface area contributed by atoms with Gasteiger partial charge >= 0.3 is 0 Å². The highest BCUT2D eigenvalue weighted by Gasteiger charge is 2.28. The molecule has 0 N–H and O–H groups in total. The molecule has 102 valence electrons. The molecule has 3 rings (SSSR count). The topological polar surface area (TPSA) is 61.2 Å². The first-order valence-electron chi connectivity index (χ1n) is 6.47. The molecule has 0 saturated heterocycles. The molecule has 0 unspecified atom stereocenters. The van der Waals surface area contributed by atoms with Gasteiger partial charge in [0.1, 0.15) is 6.10 Å². The molecule has 0 fully saturated rings. The smallest absolute Gasteiger partial charge is 0.267 e. The molecular weight excluding hydrogens is 256 g/mol. The molecule has 5 heteroatoms. The number of carbonyl (C=O) groups excluding carboxylic acids is 1. The van der Waals surface area contributed by atoms with Crippen LogP contribution >= 0.6 is 0 Å². The van der Waals surface area contributed by atoms with Gasteiger partial charge in [-0.25, -0.2) is 4.57 Å². The molecule has 0 amide bonds. The quantitative estimate of drug-likeness (QED) is 0.794. The Kier molecular flexibility index (Phi) is 2.89. The lowest BCUT2D eigenvalue weighted by molar-refractivity contribution is 0.0933. The standard InChI is InChI=1S/C15H14N2O3/c1-9-8-12-14(20-9)16-13(11-6-4-3-5-7-11)17(10(2)18)15(12)19/h3-7,9H,8H2,1-2H3/t9-/m1/s1. The Bertz CT molecular complexity index is 735. The van der Waals surface area contributed by atoms with E-state index < -0.39 is 0 Å². The summed E-state index contributed by atoms with van der Waals surface area (Å²) < 4.78 is 6.67. The van der Waals surface area contributed by atoms with Gasteiger partial charge in [0, 0.05) is 18.9 Å². The molecule has 1 atom stereocenters. The second kappa shape index (κ2) is 4.59. The molecule has 2 heterocycles. The van der Waals surface area contributed by atoms with E-state index in [2.05, 4.69) is 4.98 Å². The Labute approximate surface area is 115 Å². The number of benzene rings is 1. The molecule has 1 aliphatic heterocycles. The van der Waals surface area contributed by atoms with E-state index in [4.69, 9.17) is 4.74 Å². The largest absolute Gasteiger partial charge is 0.474 e. The van der Waals surface area contributed by atoms with Gasteiger partial charge in [-0.1, -0.05) is 30.3 Å². The third-order valence-corrected chi connectivity index (χ3v) is 3.29. The summed E-state index contributed by atoms with van der Waals surface area (Å²) in [5.74, 6) is 0.332. The van der Waals surface area contributed by atoms with Crippen LogP contribution in [0.15, 0.2) is 35.1 Å². The average Bonchev–Trinajstić information content (AvgIpc) is 2.80. The van der Waals surface area contributed by atoms with Gasteiger partial charge in [-0.05, 0) is 6.92 Å². The summed E-state index contributed by atoms with van der Waals surface area (Å²) in [6.07, 6.45) is 0.403. The van der Waals surface area contributed by atoms with Gasteiger partial charge in [0.2, 0.25) is 11.8 Å². The summed E-state index contributed by atoms with van der Waals surface area (Å²) in [7, 11) is 0.